The average Bonchev–Trinajstić information content (AvgIpc) is 2.17. The molecule has 0 aromatic heterocycles. The van der Waals surface area contributed by atoms with Gasteiger partial charge in [-0.05, 0) is 24.6 Å². The lowest BCUT2D eigenvalue weighted by Crippen LogP contribution is -2.24. The molecule has 0 heterocycles. The minimum atomic E-state index is -0.207. The number of carbonyl (C=O) groups is 1. The molecule has 0 saturated carbocycles. The van der Waals surface area contributed by atoms with Crippen molar-refractivity contribution in [2.45, 2.75) is 6.42 Å². The van der Waals surface area contributed by atoms with Gasteiger partial charge in [0.15, 0.2) is 0 Å². The van der Waals surface area contributed by atoms with Crippen LogP contribution in [0.15, 0.2) is 18.2 Å². The number of halogens is 3. The molecule has 0 radical (unpaired) electrons. The van der Waals surface area contributed by atoms with Gasteiger partial charge in [-0.15, -0.1) is 11.6 Å². The Balaban J connectivity index is 2.65. The summed E-state index contributed by atoms with van der Waals surface area (Å²) in [6.45, 7) is 0.543. The molecule has 0 fully saturated rings. The Morgan fingerprint density at radius 3 is 2.67 bits per heavy atom. The molecular formula is C10H10Cl3NO. The van der Waals surface area contributed by atoms with Gasteiger partial charge in [-0.3, -0.25) is 4.79 Å². The van der Waals surface area contributed by atoms with E-state index in [0.717, 1.165) is 6.42 Å². The standard InChI is InChI=1S/C10H10Cl3NO/c11-4-1-5-14-10(15)8-3-2-7(12)6-9(8)13/h2-3,6H,1,4-5H2,(H,14,15). The summed E-state index contributed by atoms with van der Waals surface area (Å²) in [5, 5.41) is 3.57. The fraction of sp³-hybridized carbons (Fsp3) is 0.300. The number of nitrogens with one attached hydrogen (secondary N) is 1. The summed E-state index contributed by atoms with van der Waals surface area (Å²) in [6.07, 6.45) is 0.735. The second kappa shape index (κ2) is 6.21. The predicted octanol–water partition coefficient (Wildman–Crippen LogP) is 3.35. The summed E-state index contributed by atoms with van der Waals surface area (Å²) in [7, 11) is 0. The van der Waals surface area contributed by atoms with Crippen LogP contribution in [-0.4, -0.2) is 18.3 Å². The zero-order valence-electron chi connectivity index (χ0n) is 7.90. The first-order valence-electron chi connectivity index (χ1n) is 4.44. The zero-order valence-corrected chi connectivity index (χ0v) is 10.2. The van der Waals surface area contributed by atoms with E-state index in [1.54, 1.807) is 18.2 Å². The Morgan fingerprint density at radius 2 is 2.07 bits per heavy atom. The van der Waals surface area contributed by atoms with Crippen LogP contribution in [0.3, 0.4) is 0 Å². The van der Waals surface area contributed by atoms with Crippen molar-refractivity contribution >= 4 is 40.7 Å². The van der Waals surface area contributed by atoms with Crippen molar-refractivity contribution in [3.05, 3.63) is 33.8 Å². The molecule has 0 atom stereocenters. The zero-order chi connectivity index (χ0) is 11.3. The molecule has 0 aliphatic rings. The Hall–Kier alpha value is -0.440. The maximum absolute atomic E-state index is 11.6. The second-order valence-corrected chi connectivity index (χ2v) is 4.14. The van der Waals surface area contributed by atoms with E-state index in [0.29, 0.717) is 28.0 Å². The van der Waals surface area contributed by atoms with E-state index in [2.05, 4.69) is 5.32 Å². The number of benzene rings is 1. The molecular weight excluding hydrogens is 256 g/mol. The van der Waals surface area contributed by atoms with E-state index in [9.17, 15) is 4.79 Å². The van der Waals surface area contributed by atoms with E-state index in [-0.39, 0.29) is 5.91 Å². The number of rotatable bonds is 4. The third-order valence-corrected chi connectivity index (χ3v) is 2.59. The molecule has 1 N–H and O–H groups in total. The molecule has 2 nitrogen and oxygen atoms in total. The maximum Gasteiger partial charge on any atom is 0.252 e. The largest absolute Gasteiger partial charge is 0.352 e. The first-order chi connectivity index (χ1) is 7.15. The number of carbonyl (C=O) groups excluding carboxylic acids is 1. The van der Waals surface area contributed by atoms with Crippen LogP contribution in [0.25, 0.3) is 0 Å². The molecule has 1 aromatic carbocycles. The summed E-state index contributed by atoms with van der Waals surface area (Å²) in [5.74, 6) is 0.316. The first kappa shape index (κ1) is 12.6. The summed E-state index contributed by atoms with van der Waals surface area (Å²) < 4.78 is 0. The van der Waals surface area contributed by atoms with Gasteiger partial charge in [0, 0.05) is 17.4 Å². The second-order valence-electron chi connectivity index (χ2n) is 2.92. The molecule has 0 saturated heterocycles. The summed E-state index contributed by atoms with van der Waals surface area (Å²) >= 11 is 17.1. The molecule has 0 aliphatic heterocycles. The molecule has 1 rings (SSSR count). The topological polar surface area (TPSA) is 29.1 Å². The summed E-state index contributed by atoms with van der Waals surface area (Å²) in [4.78, 5) is 11.6. The smallest absolute Gasteiger partial charge is 0.252 e. The van der Waals surface area contributed by atoms with Crippen molar-refractivity contribution in [2.24, 2.45) is 0 Å². The molecule has 1 amide bonds. The van der Waals surface area contributed by atoms with Crippen molar-refractivity contribution in [1.29, 1.82) is 0 Å². The number of hydrogen-bond acceptors (Lipinski definition) is 1. The lowest BCUT2D eigenvalue weighted by molar-refractivity contribution is 0.0954. The quantitative estimate of drug-likeness (QED) is 0.657. The van der Waals surface area contributed by atoms with Crippen LogP contribution in [0.4, 0.5) is 0 Å². The van der Waals surface area contributed by atoms with Crippen LogP contribution in [-0.2, 0) is 0 Å². The van der Waals surface area contributed by atoms with Crippen molar-refractivity contribution < 1.29 is 4.79 Å². The first-order valence-corrected chi connectivity index (χ1v) is 5.73. The van der Waals surface area contributed by atoms with Gasteiger partial charge < -0.3 is 5.32 Å². The van der Waals surface area contributed by atoms with Crippen molar-refractivity contribution in [2.75, 3.05) is 12.4 Å². The monoisotopic (exact) mass is 265 g/mol. The van der Waals surface area contributed by atoms with Crippen molar-refractivity contribution in [3.63, 3.8) is 0 Å². The molecule has 82 valence electrons. The van der Waals surface area contributed by atoms with Crippen LogP contribution in [0, 0.1) is 0 Å². The van der Waals surface area contributed by atoms with Gasteiger partial charge in [0.25, 0.3) is 5.91 Å². The lowest BCUT2D eigenvalue weighted by Gasteiger charge is -2.05. The Labute approximate surface area is 104 Å². The number of amides is 1. The van der Waals surface area contributed by atoms with Crippen LogP contribution < -0.4 is 5.32 Å². The summed E-state index contributed by atoms with van der Waals surface area (Å²) in [5.41, 5.74) is 0.427. The van der Waals surface area contributed by atoms with Gasteiger partial charge >= 0.3 is 0 Å². The predicted molar refractivity (Wildman–Crippen MR) is 64.1 cm³/mol. The van der Waals surface area contributed by atoms with Crippen LogP contribution in [0.1, 0.15) is 16.8 Å². The SMILES string of the molecule is O=C(NCCCCl)c1ccc(Cl)cc1Cl. The van der Waals surface area contributed by atoms with E-state index in [4.69, 9.17) is 34.8 Å². The lowest BCUT2D eigenvalue weighted by atomic mass is 10.2. The molecule has 0 unspecified atom stereocenters. The van der Waals surface area contributed by atoms with E-state index < -0.39 is 0 Å². The summed E-state index contributed by atoms with van der Waals surface area (Å²) in [6, 6.07) is 4.77. The Morgan fingerprint density at radius 1 is 1.33 bits per heavy atom. The fourth-order valence-electron chi connectivity index (χ4n) is 1.04. The highest BCUT2D eigenvalue weighted by Crippen LogP contribution is 2.20. The minimum absolute atomic E-state index is 0.207. The number of alkyl halides is 1. The third-order valence-electron chi connectivity index (χ3n) is 1.77. The van der Waals surface area contributed by atoms with Gasteiger partial charge in [-0.25, -0.2) is 0 Å². The molecule has 5 heteroatoms. The highest BCUT2D eigenvalue weighted by molar-refractivity contribution is 6.36. The van der Waals surface area contributed by atoms with Gasteiger partial charge in [0.05, 0.1) is 10.6 Å². The van der Waals surface area contributed by atoms with Gasteiger partial charge in [-0.2, -0.15) is 0 Å². The molecule has 0 aliphatic carbocycles. The molecule has 15 heavy (non-hydrogen) atoms. The average molecular weight is 267 g/mol. The highest BCUT2D eigenvalue weighted by Gasteiger charge is 2.09. The van der Waals surface area contributed by atoms with Crippen molar-refractivity contribution in [3.8, 4) is 0 Å². The fourth-order valence-corrected chi connectivity index (χ4v) is 1.67. The Bertz CT molecular complexity index is 355. The van der Waals surface area contributed by atoms with Crippen LogP contribution in [0.2, 0.25) is 10.0 Å². The minimum Gasteiger partial charge on any atom is -0.352 e. The van der Waals surface area contributed by atoms with Gasteiger partial charge in [0.2, 0.25) is 0 Å². The maximum atomic E-state index is 11.6. The normalized spacial score (nSPS) is 10.1. The highest BCUT2D eigenvalue weighted by atomic mass is 35.5. The van der Waals surface area contributed by atoms with E-state index in [1.807, 2.05) is 0 Å². The number of hydrogen-bond donors (Lipinski definition) is 1. The van der Waals surface area contributed by atoms with Gasteiger partial charge in [-0.1, -0.05) is 23.2 Å². The Kier molecular flexibility index (Phi) is 5.23. The van der Waals surface area contributed by atoms with Gasteiger partial charge in [0.1, 0.15) is 0 Å². The van der Waals surface area contributed by atoms with Crippen LogP contribution >= 0.6 is 34.8 Å². The molecule has 0 spiro atoms. The van der Waals surface area contributed by atoms with E-state index in [1.165, 1.54) is 0 Å². The van der Waals surface area contributed by atoms with E-state index >= 15 is 0 Å². The third kappa shape index (κ3) is 3.90. The van der Waals surface area contributed by atoms with Crippen LogP contribution in [0.5, 0.6) is 0 Å². The molecule has 1 aromatic rings. The molecule has 0 bridgehead atoms. The van der Waals surface area contributed by atoms with Crippen molar-refractivity contribution in [1.82, 2.24) is 5.32 Å².